The SMILES string of the molecule is O=C(NCC(O)C(F)(F)F)c1cc(Cl)ccc1Br. The maximum Gasteiger partial charge on any atom is 0.416 e. The number of aliphatic hydroxyl groups is 1. The molecule has 1 unspecified atom stereocenters. The van der Waals surface area contributed by atoms with Crippen LogP contribution < -0.4 is 5.32 Å². The fourth-order valence-corrected chi connectivity index (χ4v) is 1.67. The Hall–Kier alpha value is -0.790. The predicted molar refractivity (Wildman–Crippen MR) is 63.5 cm³/mol. The van der Waals surface area contributed by atoms with Crippen LogP contribution in [-0.4, -0.2) is 29.8 Å². The van der Waals surface area contributed by atoms with E-state index < -0.39 is 24.7 Å². The van der Waals surface area contributed by atoms with Gasteiger partial charge in [0.25, 0.3) is 5.91 Å². The maximum atomic E-state index is 12.0. The summed E-state index contributed by atoms with van der Waals surface area (Å²) < 4.78 is 36.4. The summed E-state index contributed by atoms with van der Waals surface area (Å²) >= 11 is 8.74. The summed E-state index contributed by atoms with van der Waals surface area (Å²) in [6.07, 6.45) is -7.36. The number of nitrogens with one attached hydrogen (secondary N) is 1. The lowest BCUT2D eigenvalue weighted by Crippen LogP contribution is -2.40. The van der Waals surface area contributed by atoms with E-state index in [-0.39, 0.29) is 10.6 Å². The first-order valence-electron chi connectivity index (χ1n) is 4.70. The van der Waals surface area contributed by atoms with Crippen LogP contribution in [0.4, 0.5) is 13.2 Å². The smallest absolute Gasteiger partial charge is 0.382 e. The van der Waals surface area contributed by atoms with Crippen LogP contribution in [-0.2, 0) is 0 Å². The standard InChI is InChI=1S/C10H8BrClF3NO2/c11-7-2-1-5(12)3-6(7)9(18)16-4-8(17)10(13,14)15/h1-3,8,17H,4H2,(H,16,18). The number of benzene rings is 1. The third-order valence-electron chi connectivity index (χ3n) is 2.01. The van der Waals surface area contributed by atoms with E-state index in [4.69, 9.17) is 16.7 Å². The lowest BCUT2D eigenvalue weighted by atomic mass is 10.2. The predicted octanol–water partition coefficient (Wildman–Crippen LogP) is 2.76. The van der Waals surface area contributed by atoms with Crippen LogP contribution in [0.1, 0.15) is 10.4 Å². The molecule has 0 saturated heterocycles. The van der Waals surface area contributed by atoms with Gasteiger partial charge in [0.2, 0.25) is 0 Å². The first-order chi connectivity index (χ1) is 8.21. The van der Waals surface area contributed by atoms with Crippen LogP contribution in [0.3, 0.4) is 0 Å². The summed E-state index contributed by atoms with van der Waals surface area (Å²) in [6, 6.07) is 4.32. The van der Waals surface area contributed by atoms with Gasteiger partial charge < -0.3 is 10.4 Å². The van der Waals surface area contributed by atoms with Gasteiger partial charge in [0.15, 0.2) is 6.10 Å². The molecule has 0 spiro atoms. The molecule has 18 heavy (non-hydrogen) atoms. The average molecular weight is 347 g/mol. The van der Waals surface area contributed by atoms with E-state index >= 15 is 0 Å². The molecule has 1 aromatic rings. The van der Waals surface area contributed by atoms with E-state index in [0.29, 0.717) is 4.47 Å². The van der Waals surface area contributed by atoms with Gasteiger partial charge in [-0.3, -0.25) is 4.79 Å². The van der Waals surface area contributed by atoms with Gasteiger partial charge in [-0.2, -0.15) is 13.2 Å². The van der Waals surface area contributed by atoms with Crippen molar-refractivity contribution < 1.29 is 23.1 Å². The largest absolute Gasteiger partial charge is 0.416 e. The summed E-state index contributed by atoms with van der Waals surface area (Å²) in [7, 11) is 0. The lowest BCUT2D eigenvalue weighted by Gasteiger charge is -2.15. The Kier molecular flexibility index (Phi) is 5.01. The number of amides is 1. The fraction of sp³-hybridized carbons (Fsp3) is 0.300. The normalized spacial score (nSPS) is 13.2. The average Bonchev–Trinajstić information content (AvgIpc) is 2.27. The van der Waals surface area contributed by atoms with Gasteiger partial charge in [-0.05, 0) is 34.1 Å². The highest BCUT2D eigenvalue weighted by atomic mass is 79.9. The van der Waals surface area contributed by atoms with Crippen molar-refractivity contribution in [3.05, 3.63) is 33.3 Å². The van der Waals surface area contributed by atoms with Crippen molar-refractivity contribution in [3.63, 3.8) is 0 Å². The van der Waals surface area contributed by atoms with E-state index in [1.165, 1.54) is 18.2 Å². The minimum Gasteiger partial charge on any atom is -0.382 e. The minimum absolute atomic E-state index is 0.0943. The fourth-order valence-electron chi connectivity index (χ4n) is 1.07. The first-order valence-corrected chi connectivity index (χ1v) is 5.87. The van der Waals surface area contributed by atoms with Crippen molar-refractivity contribution in [1.82, 2.24) is 5.32 Å². The highest BCUT2D eigenvalue weighted by Crippen LogP contribution is 2.22. The highest BCUT2D eigenvalue weighted by Gasteiger charge is 2.38. The van der Waals surface area contributed by atoms with E-state index in [2.05, 4.69) is 15.9 Å². The molecule has 8 heteroatoms. The molecule has 1 amide bonds. The molecule has 1 aromatic carbocycles. The maximum absolute atomic E-state index is 12.0. The van der Waals surface area contributed by atoms with E-state index in [0.717, 1.165) is 0 Å². The van der Waals surface area contributed by atoms with Gasteiger partial charge in [0.1, 0.15) is 0 Å². The number of aliphatic hydroxyl groups excluding tert-OH is 1. The van der Waals surface area contributed by atoms with Crippen molar-refractivity contribution >= 4 is 33.4 Å². The summed E-state index contributed by atoms with van der Waals surface area (Å²) in [5, 5.41) is 11.0. The zero-order valence-corrected chi connectivity index (χ0v) is 11.1. The molecule has 0 bridgehead atoms. The lowest BCUT2D eigenvalue weighted by molar-refractivity contribution is -0.201. The topological polar surface area (TPSA) is 49.3 Å². The van der Waals surface area contributed by atoms with Crippen LogP contribution in [0.25, 0.3) is 0 Å². The van der Waals surface area contributed by atoms with Crippen molar-refractivity contribution in [2.75, 3.05) is 6.54 Å². The minimum atomic E-state index is -4.77. The van der Waals surface area contributed by atoms with Crippen molar-refractivity contribution in [3.8, 4) is 0 Å². The molecule has 0 aromatic heterocycles. The zero-order valence-electron chi connectivity index (χ0n) is 8.76. The Morgan fingerprint density at radius 3 is 2.67 bits per heavy atom. The van der Waals surface area contributed by atoms with E-state index in [1.807, 2.05) is 5.32 Å². The molecule has 0 heterocycles. The summed E-state index contributed by atoms with van der Waals surface area (Å²) in [5.41, 5.74) is 0.0943. The molecule has 100 valence electrons. The molecule has 2 N–H and O–H groups in total. The molecular weight excluding hydrogens is 338 g/mol. The Balaban J connectivity index is 2.69. The Bertz CT molecular complexity index is 453. The Labute approximate surface area is 114 Å². The molecule has 1 rings (SSSR count). The molecule has 0 fully saturated rings. The first kappa shape index (κ1) is 15.3. The number of rotatable bonds is 3. The summed E-state index contributed by atoms with van der Waals surface area (Å²) in [6.45, 7) is -0.915. The molecular formula is C10H8BrClF3NO2. The molecule has 0 aliphatic rings. The third kappa shape index (κ3) is 4.15. The second kappa shape index (κ2) is 5.90. The molecule has 1 atom stereocenters. The second-order valence-electron chi connectivity index (χ2n) is 3.39. The number of halogens is 5. The van der Waals surface area contributed by atoms with Crippen LogP contribution >= 0.6 is 27.5 Å². The molecule has 0 aliphatic heterocycles. The van der Waals surface area contributed by atoms with Crippen LogP contribution in [0.15, 0.2) is 22.7 Å². The third-order valence-corrected chi connectivity index (χ3v) is 2.93. The number of hydrogen-bond acceptors (Lipinski definition) is 2. The monoisotopic (exact) mass is 345 g/mol. The molecule has 0 saturated carbocycles. The van der Waals surface area contributed by atoms with Crippen molar-refractivity contribution in [2.24, 2.45) is 0 Å². The summed E-state index contributed by atoms with van der Waals surface area (Å²) in [4.78, 5) is 11.6. The van der Waals surface area contributed by atoms with Gasteiger partial charge in [-0.15, -0.1) is 0 Å². The number of carbonyl (C=O) groups is 1. The van der Waals surface area contributed by atoms with Crippen LogP contribution in [0, 0.1) is 0 Å². The highest BCUT2D eigenvalue weighted by molar-refractivity contribution is 9.10. The van der Waals surface area contributed by atoms with E-state index in [9.17, 15) is 18.0 Å². The Morgan fingerprint density at radius 2 is 2.11 bits per heavy atom. The van der Waals surface area contributed by atoms with Crippen molar-refractivity contribution in [2.45, 2.75) is 12.3 Å². The number of alkyl halides is 3. The number of carbonyl (C=O) groups excluding carboxylic acids is 1. The molecule has 3 nitrogen and oxygen atoms in total. The molecule has 0 aliphatic carbocycles. The quantitative estimate of drug-likeness (QED) is 0.884. The summed E-state index contributed by atoms with van der Waals surface area (Å²) in [5.74, 6) is -0.757. The van der Waals surface area contributed by atoms with Gasteiger partial charge in [-0.25, -0.2) is 0 Å². The van der Waals surface area contributed by atoms with E-state index in [1.54, 1.807) is 0 Å². The molecule has 0 radical (unpaired) electrons. The zero-order chi connectivity index (χ0) is 13.9. The van der Waals surface area contributed by atoms with Gasteiger partial charge in [0, 0.05) is 9.50 Å². The second-order valence-corrected chi connectivity index (χ2v) is 4.68. The van der Waals surface area contributed by atoms with Gasteiger partial charge in [0.05, 0.1) is 12.1 Å². The van der Waals surface area contributed by atoms with Gasteiger partial charge in [-0.1, -0.05) is 11.6 Å². The van der Waals surface area contributed by atoms with Crippen LogP contribution in [0.5, 0.6) is 0 Å². The number of hydrogen-bond donors (Lipinski definition) is 2. The van der Waals surface area contributed by atoms with Gasteiger partial charge >= 0.3 is 6.18 Å². The van der Waals surface area contributed by atoms with Crippen molar-refractivity contribution in [1.29, 1.82) is 0 Å². The Morgan fingerprint density at radius 1 is 1.50 bits per heavy atom. The van der Waals surface area contributed by atoms with Crippen LogP contribution in [0.2, 0.25) is 5.02 Å².